The van der Waals surface area contributed by atoms with Gasteiger partial charge in [-0.1, -0.05) is 18.2 Å². The smallest absolute Gasteiger partial charge is 0.251 e. The number of amides is 1. The van der Waals surface area contributed by atoms with Gasteiger partial charge in [0.2, 0.25) is 0 Å². The van der Waals surface area contributed by atoms with Gasteiger partial charge >= 0.3 is 0 Å². The SMILES string of the molecule is COc1ccc(CNC(=O)[C@@H]2Cn3ccnc3C3(CCN(Cc4cccs4)CC3)O2)cc1. The van der Waals surface area contributed by atoms with E-state index in [1.54, 1.807) is 18.4 Å². The number of hydrogen-bond donors (Lipinski definition) is 1. The predicted octanol–water partition coefficient (Wildman–Crippen LogP) is 3.16. The second kappa shape index (κ2) is 9.05. The molecule has 0 saturated carbocycles. The van der Waals surface area contributed by atoms with Crippen LogP contribution in [0.3, 0.4) is 0 Å². The summed E-state index contributed by atoms with van der Waals surface area (Å²) in [6.07, 6.45) is 4.91. The monoisotopic (exact) mass is 452 g/mol. The first-order valence-corrected chi connectivity index (χ1v) is 11.9. The summed E-state index contributed by atoms with van der Waals surface area (Å²) >= 11 is 1.79. The average Bonchev–Trinajstić information content (AvgIpc) is 3.52. The molecule has 1 spiro atoms. The Labute approximate surface area is 192 Å². The number of methoxy groups -OCH3 is 1. The normalized spacial score (nSPS) is 20.1. The third-order valence-electron chi connectivity index (χ3n) is 6.39. The number of rotatable bonds is 6. The van der Waals surface area contributed by atoms with Crippen LogP contribution in [-0.2, 0) is 34.8 Å². The minimum atomic E-state index is -0.529. The zero-order chi connectivity index (χ0) is 22.0. The maximum atomic E-state index is 13.0. The number of fused-ring (bicyclic) bond motifs is 2. The number of benzene rings is 1. The van der Waals surface area contributed by atoms with Gasteiger partial charge in [0.05, 0.1) is 13.7 Å². The van der Waals surface area contributed by atoms with Crippen LogP contribution in [0.25, 0.3) is 0 Å². The van der Waals surface area contributed by atoms with Crippen molar-refractivity contribution in [2.45, 2.75) is 44.2 Å². The summed E-state index contributed by atoms with van der Waals surface area (Å²) in [4.78, 5) is 21.5. The summed E-state index contributed by atoms with van der Waals surface area (Å²) < 4.78 is 13.8. The van der Waals surface area contributed by atoms with E-state index in [-0.39, 0.29) is 5.91 Å². The van der Waals surface area contributed by atoms with E-state index < -0.39 is 11.7 Å². The molecule has 1 amide bonds. The van der Waals surface area contributed by atoms with Crippen LogP contribution in [0.2, 0.25) is 0 Å². The second-order valence-corrected chi connectivity index (χ2v) is 9.46. The maximum Gasteiger partial charge on any atom is 0.251 e. The van der Waals surface area contributed by atoms with Crippen molar-refractivity contribution in [1.29, 1.82) is 0 Å². The summed E-state index contributed by atoms with van der Waals surface area (Å²) in [6.45, 7) is 3.76. The summed E-state index contributed by atoms with van der Waals surface area (Å²) in [5.41, 5.74) is 0.519. The number of carbonyl (C=O) groups excluding carboxylic acids is 1. The lowest BCUT2D eigenvalue weighted by Gasteiger charge is -2.45. The molecule has 0 radical (unpaired) electrons. The molecule has 0 aliphatic carbocycles. The number of aromatic nitrogens is 2. The zero-order valence-electron chi connectivity index (χ0n) is 18.2. The van der Waals surface area contributed by atoms with Crippen molar-refractivity contribution < 1.29 is 14.3 Å². The topological polar surface area (TPSA) is 68.6 Å². The van der Waals surface area contributed by atoms with Gasteiger partial charge in [0.25, 0.3) is 5.91 Å². The van der Waals surface area contributed by atoms with Crippen LogP contribution in [0, 0.1) is 0 Å². The Morgan fingerprint density at radius 1 is 1.28 bits per heavy atom. The first-order valence-electron chi connectivity index (χ1n) is 11.0. The number of likely N-dealkylation sites (tertiary alicyclic amines) is 1. The van der Waals surface area contributed by atoms with Crippen LogP contribution >= 0.6 is 11.3 Å². The quantitative estimate of drug-likeness (QED) is 0.622. The Morgan fingerprint density at radius 3 is 2.81 bits per heavy atom. The van der Waals surface area contributed by atoms with E-state index in [0.717, 1.165) is 49.6 Å². The van der Waals surface area contributed by atoms with E-state index in [1.807, 2.05) is 36.7 Å². The zero-order valence-corrected chi connectivity index (χ0v) is 19.0. The largest absolute Gasteiger partial charge is 0.497 e. The number of imidazole rings is 1. The van der Waals surface area contributed by atoms with Gasteiger partial charge in [-0.3, -0.25) is 9.69 Å². The molecule has 1 fully saturated rings. The van der Waals surface area contributed by atoms with Gasteiger partial charge in [-0.25, -0.2) is 4.98 Å². The van der Waals surface area contributed by atoms with Gasteiger partial charge in [-0.05, 0) is 42.0 Å². The van der Waals surface area contributed by atoms with Crippen molar-refractivity contribution in [2.75, 3.05) is 20.2 Å². The van der Waals surface area contributed by atoms with Crippen molar-refractivity contribution in [1.82, 2.24) is 19.8 Å². The van der Waals surface area contributed by atoms with Crippen LogP contribution in [-0.4, -0.2) is 46.7 Å². The molecule has 4 heterocycles. The van der Waals surface area contributed by atoms with Crippen molar-refractivity contribution in [3.63, 3.8) is 0 Å². The van der Waals surface area contributed by atoms with Crippen LogP contribution in [0.4, 0.5) is 0 Å². The summed E-state index contributed by atoms with van der Waals surface area (Å²) in [6, 6.07) is 12.0. The summed E-state index contributed by atoms with van der Waals surface area (Å²) in [5.74, 6) is 1.67. The Bertz CT molecular complexity index is 1040. The molecule has 2 aliphatic rings. The Kier molecular flexibility index (Phi) is 5.99. The van der Waals surface area contributed by atoms with Crippen LogP contribution in [0.15, 0.2) is 54.2 Å². The molecule has 168 valence electrons. The Balaban J connectivity index is 1.24. The molecule has 5 rings (SSSR count). The fourth-order valence-corrected chi connectivity index (χ4v) is 5.36. The lowest BCUT2D eigenvalue weighted by Crippen LogP contribution is -2.53. The van der Waals surface area contributed by atoms with Crippen molar-refractivity contribution >= 4 is 17.2 Å². The number of ether oxygens (including phenoxy) is 2. The molecule has 1 aromatic carbocycles. The highest BCUT2D eigenvalue weighted by molar-refractivity contribution is 7.09. The van der Waals surface area contributed by atoms with E-state index in [9.17, 15) is 4.79 Å². The van der Waals surface area contributed by atoms with Crippen molar-refractivity contribution in [2.24, 2.45) is 0 Å². The van der Waals surface area contributed by atoms with Crippen LogP contribution < -0.4 is 10.1 Å². The molecular weight excluding hydrogens is 424 g/mol. The number of piperidine rings is 1. The number of carbonyl (C=O) groups is 1. The third kappa shape index (κ3) is 4.30. The molecule has 1 saturated heterocycles. The van der Waals surface area contributed by atoms with Gasteiger partial charge in [-0.2, -0.15) is 0 Å². The van der Waals surface area contributed by atoms with Gasteiger partial charge in [0.15, 0.2) is 6.10 Å². The molecule has 7 nitrogen and oxygen atoms in total. The van der Waals surface area contributed by atoms with Crippen molar-refractivity contribution in [3.05, 3.63) is 70.4 Å². The number of nitrogens with one attached hydrogen (secondary N) is 1. The number of nitrogens with zero attached hydrogens (tertiary/aromatic N) is 3. The highest BCUT2D eigenvalue weighted by Gasteiger charge is 2.47. The number of thiophene rings is 1. The standard InChI is InChI=1S/C24H28N4O3S/c1-30-19-6-4-18(5-7-19)15-26-22(29)21-17-28-13-10-25-23(28)24(31-21)8-11-27(12-9-24)16-20-3-2-14-32-20/h2-7,10,13-14,21H,8-9,11-12,15-17H2,1H3,(H,26,29)/t21-/m0/s1. The molecule has 0 bridgehead atoms. The van der Waals surface area contributed by atoms with E-state index in [2.05, 4.69) is 37.3 Å². The molecule has 3 aromatic rings. The minimum absolute atomic E-state index is 0.0828. The first-order chi connectivity index (χ1) is 15.6. The molecule has 0 unspecified atom stereocenters. The van der Waals surface area contributed by atoms with Crippen molar-refractivity contribution in [3.8, 4) is 5.75 Å². The summed E-state index contributed by atoms with van der Waals surface area (Å²) in [5, 5.41) is 5.16. The highest BCUT2D eigenvalue weighted by Crippen LogP contribution is 2.40. The molecule has 32 heavy (non-hydrogen) atoms. The lowest BCUT2D eigenvalue weighted by atomic mass is 9.88. The van der Waals surface area contributed by atoms with E-state index in [1.165, 1.54) is 4.88 Å². The Morgan fingerprint density at radius 2 is 2.09 bits per heavy atom. The van der Waals surface area contributed by atoms with E-state index in [0.29, 0.717) is 13.1 Å². The highest BCUT2D eigenvalue weighted by atomic mass is 32.1. The molecule has 2 aliphatic heterocycles. The minimum Gasteiger partial charge on any atom is -0.497 e. The third-order valence-corrected chi connectivity index (χ3v) is 7.26. The van der Waals surface area contributed by atoms with Crippen LogP contribution in [0.1, 0.15) is 29.1 Å². The van der Waals surface area contributed by atoms with Gasteiger partial charge in [-0.15, -0.1) is 11.3 Å². The molecule has 1 atom stereocenters. The first kappa shape index (κ1) is 21.2. The molecule has 1 N–H and O–H groups in total. The van der Waals surface area contributed by atoms with E-state index >= 15 is 0 Å². The van der Waals surface area contributed by atoms with Crippen LogP contribution in [0.5, 0.6) is 5.75 Å². The maximum absolute atomic E-state index is 13.0. The fourth-order valence-electron chi connectivity index (χ4n) is 4.62. The van der Waals surface area contributed by atoms with Gasteiger partial charge in [0, 0.05) is 43.4 Å². The number of hydrogen-bond acceptors (Lipinski definition) is 6. The fraction of sp³-hybridized carbons (Fsp3) is 0.417. The molecule has 8 heteroatoms. The summed E-state index contributed by atoms with van der Waals surface area (Å²) in [7, 11) is 1.64. The van der Waals surface area contributed by atoms with Gasteiger partial charge < -0.3 is 19.4 Å². The molecular formula is C24H28N4O3S. The predicted molar refractivity (Wildman–Crippen MR) is 122 cm³/mol. The average molecular weight is 453 g/mol. The van der Waals surface area contributed by atoms with E-state index in [4.69, 9.17) is 9.47 Å². The molecule has 2 aromatic heterocycles. The van der Waals surface area contributed by atoms with Gasteiger partial charge in [0.1, 0.15) is 17.2 Å². The second-order valence-electron chi connectivity index (χ2n) is 8.43. The Hall–Kier alpha value is -2.68. The lowest BCUT2D eigenvalue weighted by molar-refractivity contribution is -0.174.